The van der Waals surface area contributed by atoms with Crippen molar-refractivity contribution in [1.29, 1.82) is 0 Å². The second kappa shape index (κ2) is 8.46. The fraction of sp³-hybridized carbons (Fsp3) is 0.714. The summed E-state index contributed by atoms with van der Waals surface area (Å²) in [4.78, 5) is 0. The molecule has 3 heteroatoms. The molecule has 1 heterocycles. The first kappa shape index (κ1) is 19.4. The molecular weight excluding hydrogens is 300 g/mol. The second-order valence-corrected chi connectivity index (χ2v) is 7.71. The molecule has 0 saturated carbocycles. The molecule has 2 aliphatic rings. The van der Waals surface area contributed by atoms with Gasteiger partial charge in [0.15, 0.2) is 0 Å². The van der Waals surface area contributed by atoms with Crippen LogP contribution >= 0.6 is 0 Å². The SMILES string of the molecule is CO[C@@]1(C)CC/C=C(\C)CCC2=C(C)CO[C@H]2/C=C(\C)CC[C@@H]1O. The monoisotopic (exact) mass is 334 g/mol. The number of fused-ring (bicyclic) bond motifs is 1. The molecule has 3 atom stereocenters. The molecule has 0 unspecified atom stereocenters. The largest absolute Gasteiger partial charge is 0.390 e. The summed E-state index contributed by atoms with van der Waals surface area (Å²) in [6.45, 7) is 9.30. The summed E-state index contributed by atoms with van der Waals surface area (Å²) in [6, 6.07) is 0. The first-order chi connectivity index (χ1) is 11.4. The summed E-state index contributed by atoms with van der Waals surface area (Å²) in [5.41, 5.74) is 5.05. The predicted octanol–water partition coefficient (Wildman–Crippen LogP) is 4.71. The van der Waals surface area contributed by atoms with Crippen LogP contribution in [0.25, 0.3) is 0 Å². The number of ether oxygens (including phenoxy) is 2. The van der Waals surface area contributed by atoms with E-state index in [-0.39, 0.29) is 6.10 Å². The van der Waals surface area contributed by atoms with Crippen LogP contribution in [0.1, 0.15) is 66.2 Å². The van der Waals surface area contributed by atoms with Crippen LogP contribution in [-0.2, 0) is 9.47 Å². The highest BCUT2D eigenvalue weighted by atomic mass is 16.5. The average Bonchev–Trinajstić information content (AvgIpc) is 2.89. The Bertz CT molecular complexity index is 529. The van der Waals surface area contributed by atoms with Crippen LogP contribution in [0.3, 0.4) is 0 Å². The molecule has 0 bridgehead atoms. The van der Waals surface area contributed by atoms with E-state index in [1.165, 1.54) is 22.3 Å². The van der Waals surface area contributed by atoms with Gasteiger partial charge >= 0.3 is 0 Å². The average molecular weight is 335 g/mol. The quantitative estimate of drug-likeness (QED) is 0.706. The Morgan fingerprint density at radius 3 is 2.62 bits per heavy atom. The Hall–Kier alpha value is -0.900. The molecule has 24 heavy (non-hydrogen) atoms. The smallest absolute Gasteiger partial charge is 0.0977 e. The van der Waals surface area contributed by atoms with Crippen molar-refractivity contribution in [2.24, 2.45) is 0 Å². The third-order valence-corrected chi connectivity index (χ3v) is 5.71. The van der Waals surface area contributed by atoms with Crippen molar-refractivity contribution in [2.75, 3.05) is 13.7 Å². The van der Waals surface area contributed by atoms with Crippen molar-refractivity contribution in [3.8, 4) is 0 Å². The van der Waals surface area contributed by atoms with Gasteiger partial charge in [-0.25, -0.2) is 0 Å². The van der Waals surface area contributed by atoms with E-state index in [0.717, 1.165) is 45.1 Å². The lowest BCUT2D eigenvalue weighted by atomic mass is 9.87. The first-order valence-electron chi connectivity index (χ1n) is 9.22. The van der Waals surface area contributed by atoms with Crippen molar-refractivity contribution >= 4 is 0 Å². The molecule has 1 aliphatic heterocycles. The summed E-state index contributed by atoms with van der Waals surface area (Å²) in [5, 5.41) is 10.6. The zero-order valence-electron chi connectivity index (χ0n) is 16.0. The van der Waals surface area contributed by atoms with Gasteiger partial charge in [0.05, 0.1) is 24.4 Å². The number of rotatable bonds is 1. The molecule has 0 aromatic carbocycles. The van der Waals surface area contributed by atoms with Crippen LogP contribution in [0.5, 0.6) is 0 Å². The Morgan fingerprint density at radius 1 is 1.17 bits per heavy atom. The molecular formula is C21H34O3. The van der Waals surface area contributed by atoms with Gasteiger partial charge in [-0.15, -0.1) is 0 Å². The highest BCUT2D eigenvalue weighted by Gasteiger charge is 2.32. The lowest BCUT2D eigenvalue weighted by Crippen LogP contribution is -2.41. The fourth-order valence-electron chi connectivity index (χ4n) is 3.61. The second-order valence-electron chi connectivity index (χ2n) is 7.71. The molecule has 1 aliphatic carbocycles. The number of allylic oxidation sites excluding steroid dienone is 3. The summed E-state index contributed by atoms with van der Waals surface area (Å²) in [7, 11) is 1.71. The Labute approximate surface area is 147 Å². The minimum absolute atomic E-state index is 0.117. The molecule has 0 fully saturated rings. The maximum atomic E-state index is 10.6. The van der Waals surface area contributed by atoms with Crippen molar-refractivity contribution in [1.82, 2.24) is 0 Å². The topological polar surface area (TPSA) is 38.7 Å². The maximum absolute atomic E-state index is 10.6. The normalized spacial score (nSPS) is 37.9. The molecule has 0 spiro atoms. The first-order valence-corrected chi connectivity index (χ1v) is 9.22. The van der Waals surface area contributed by atoms with Crippen molar-refractivity contribution in [2.45, 2.75) is 84.0 Å². The van der Waals surface area contributed by atoms with E-state index in [2.05, 4.69) is 32.9 Å². The number of hydrogen-bond donors (Lipinski definition) is 1. The van der Waals surface area contributed by atoms with Crippen LogP contribution in [0, 0.1) is 0 Å². The van der Waals surface area contributed by atoms with E-state index >= 15 is 0 Å². The molecule has 136 valence electrons. The van der Waals surface area contributed by atoms with Crippen LogP contribution in [0.2, 0.25) is 0 Å². The van der Waals surface area contributed by atoms with Crippen molar-refractivity contribution in [3.63, 3.8) is 0 Å². The van der Waals surface area contributed by atoms with E-state index in [4.69, 9.17) is 9.47 Å². The Morgan fingerprint density at radius 2 is 1.92 bits per heavy atom. The predicted molar refractivity (Wildman–Crippen MR) is 99.1 cm³/mol. The fourth-order valence-corrected chi connectivity index (χ4v) is 3.61. The van der Waals surface area contributed by atoms with Gasteiger partial charge in [0.1, 0.15) is 0 Å². The summed E-state index contributed by atoms with van der Waals surface area (Å²) in [6.07, 6.45) is 9.75. The molecule has 0 amide bonds. The van der Waals surface area contributed by atoms with E-state index < -0.39 is 11.7 Å². The minimum atomic E-state index is -0.479. The van der Waals surface area contributed by atoms with Crippen LogP contribution in [-0.4, -0.2) is 36.6 Å². The summed E-state index contributed by atoms with van der Waals surface area (Å²) >= 11 is 0. The van der Waals surface area contributed by atoms with Crippen molar-refractivity contribution in [3.05, 3.63) is 34.4 Å². The third kappa shape index (κ3) is 4.81. The molecule has 0 saturated heterocycles. The van der Waals surface area contributed by atoms with Gasteiger partial charge in [0.25, 0.3) is 0 Å². The summed E-state index contributed by atoms with van der Waals surface area (Å²) < 4.78 is 11.6. The van der Waals surface area contributed by atoms with E-state index in [9.17, 15) is 5.11 Å². The van der Waals surface area contributed by atoms with Gasteiger partial charge in [-0.05, 0) is 77.4 Å². The van der Waals surface area contributed by atoms with E-state index in [0.29, 0.717) is 0 Å². The van der Waals surface area contributed by atoms with Gasteiger partial charge in [-0.1, -0.05) is 23.3 Å². The van der Waals surface area contributed by atoms with Crippen LogP contribution in [0.4, 0.5) is 0 Å². The molecule has 0 aromatic rings. The molecule has 1 N–H and O–H groups in total. The zero-order valence-corrected chi connectivity index (χ0v) is 16.0. The molecule has 0 aromatic heterocycles. The Balaban J connectivity index is 2.21. The number of hydrogen-bond acceptors (Lipinski definition) is 3. The lowest BCUT2D eigenvalue weighted by molar-refractivity contribution is -0.0967. The lowest BCUT2D eigenvalue weighted by Gasteiger charge is -2.33. The van der Waals surface area contributed by atoms with Crippen LogP contribution in [0.15, 0.2) is 34.4 Å². The number of aliphatic hydroxyl groups is 1. The number of methoxy groups -OCH3 is 1. The van der Waals surface area contributed by atoms with Crippen molar-refractivity contribution < 1.29 is 14.6 Å². The third-order valence-electron chi connectivity index (χ3n) is 5.71. The van der Waals surface area contributed by atoms with Crippen LogP contribution < -0.4 is 0 Å². The number of aliphatic hydroxyl groups excluding tert-OH is 1. The van der Waals surface area contributed by atoms with Gasteiger partial charge in [-0.2, -0.15) is 0 Å². The van der Waals surface area contributed by atoms with Gasteiger partial charge in [0, 0.05) is 7.11 Å². The molecule has 3 nitrogen and oxygen atoms in total. The van der Waals surface area contributed by atoms with Gasteiger partial charge < -0.3 is 14.6 Å². The zero-order chi connectivity index (χ0) is 17.7. The standard InChI is InChI=1S/C21H34O3/c1-15-7-6-12-21(4,23-5)20(22)11-9-16(2)13-19-18(10-8-15)17(3)14-24-19/h7,13,19-20,22H,6,8-12,14H2,1-5H3/b15-7+,16-13+/t19-,20-,21-/m0/s1. The van der Waals surface area contributed by atoms with Gasteiger partial charge in [-0.3, -0.25) is 0 Å². The van der Waals surface area contributed by atoms with E-state index in [1.54, 1.807) is 7.11 Å². The van der Waals surface area contributed by atoms with E-state index in [1.807, 2.05) is 6.92 Å². The molecule has 0 radical (unpaired) electrons. The summed E-state index contributed by atoms with van der Waals surface area (Å²) in [5.74, 6) is 0. The Kier molecular flexibility index (Phi) is 6.85. The minimum Gasteiger partial charge on any atom is -0.390 e. The highest BCUT2D eigenvalue weighted by Crippen LogP contribution is 2.31. The highest BCUT2D eigenvalue weighted by molar-refractivity contribution is 5.28. The van der Waals surface area contributed by atoms with Gasteiger partial charge in [0.2, 0.25) is 0 Å². The molecule has 2 rings (SSSR count). The maximum Gasteiger partial charge on any atom is 0.0977 e.